The van der Waals surface area contributed by atoms with Crippen molar-refractivity contribution in [1.29, 1.82) is 0 Å². The van der Waals surface area contributed by atoms with Gasteiger partial charge in [-0.2, -0.15) is 0 Å². The quantitative estimate of drug-likeness (QED) is 0.701. The summed E-state index contributed by atoms with van der Waals surface area (Å²) in [5.41, 5.74) is 0.455. The van der Waals surface area contributed by atoms with Crippen molar-refractivity contribution in [2.75, 3.05) is 19.7 Å². The zero-order valence-corrected chi connectivity index (χ0v) is 17.1. The summed E-state index contributed by atoms with van der Waals surface area (Å²) in [4.78, 5) is 32.1. The third-order valence-electron chi connectivity index (χ3n) is 6.11. The Morgan fingerprint density at radius 1 is 1.04 bits per heavy atom. The van der Waals surface area contributed by atoms with Crippen LogP contribution < -0.4 is 0 Å². The number of para-hydroxylation sites is 1. The van der Waals surface area contributed by atoms with Crippen LogP contribution in [-0.4, -0.2) is 41.5 Å². The number of fused-ring (bicyclic) bond motifs is 1. The summed E-state index contributed by atoms with van der Waals surface area (Å²) in [5.74, 6) is -0.268. The van der Waals surface area contributed by atoms with Crippen LogP contribution in [0.4, 0.5) is 0 Å². The topological polar surface area (TPSA) is 59.5 Å². The lowest BCUT2D eigenvalue weighted by Gasteiger charge is -2.34. The van der Waals surface area contributed by atoms with Gasteiger partial charge in [-0.25, -0.2) is 4.98 Å². The number of hydrogen-bond acceptors (Lipinski definition) is 5. The van der Waals surface area contributed by atoms with Crippen molar-refractivity contribution < 1.29 is 14.3 Å². The maximum atomic E-state index is 13.1. The first-order valence-electron chi connectivity index (χ1n) is 10.5. The number of thiazole rings is 1. The lowest BCUT2D eigenvalue weighted by Crippen LogP contribution is -2.41. The lowest BCUT2D eigenvalue weighted by molar-refractivity contribution is -0.163. The molecule has 28 heavy (non-hydrogen) atoms. The van der Waals surface area contributed by atoms with E-state index in [0.717, 1.165) is 73.3 Å². The molecule has 2 aromatic rings. The third-order valence-corrected chi connectivity index (χ3v) is 7.14. The number of carbonyl (C=O) groups is 2. The average Bonchev–Trinajstić information content (AvgIpc) is 3.15. The second kappa shape index (κ2) is 8.60. The van der Waals surface area contributed by atoms with Crippen molar-refractivity contribution in [2.45, 2.75) is 57.8 Å². The molecule has 0 spiro atoms. The zero-order valence-electron chi connectivity index (χ0n) is 16.3. The molecule has 1 saturated heterocycles. The highest BCUT2D eigenvalue weighted by atomic mass is 32.1. The van der Waals surface area contributed by atoms with Crippen LogP contribution in [0.5, 0.6) is 0 Å². The Labute approximate surface area is 170 Å². The Kier molecular flexibility index (Phi) is 5.95. The predicted molar refractivity (Wildman–Crippen MR) is 110 cm³/mol. The van der Waals surface area contributed by atoms with E-state index in [1.165, 1.54) is 6.42 Å². The summed E-state index contributed by atoms with van der Waals surface area (Å²) < 4.78 is 6.74. The van der Waals surface area contributed by atoms with Crippen LogP contribution in [0.1, 0.15) is 56.4 Å². The molecule has 2 aliphatic rings. The molecule has 1 aliphatic carbocycles. The van der Waals surface area contributed by atoms with Crippen molar-refractivity contribution in [2.24, 2.45) is 5.41 Å². The van der Waals surface area contributed by atoms with E-state index in [1.807, 2.05) is 23.1 Å². The number of hydrogen-bond donors (Lipinski definition) is 0. The highest BCUT2D eigenvalue weighted by molar-refractivity contribution is 7.18. The van der Waals surface area contributed by atoms with Crippen molar-refractivity contribution in [3.05, 3.63) is 29.3 Å². The SMILES string of the molecule is O=C(COC(=O)C1(Cc2nc3ccccc3s2)CCCCC1)N1CCCCC1. The molecule has 1 aromatic carbocycles. The Bertz CT molecular complexity index is 802. The number of benzene rings is 1. The number of carbonyl (C=O) groups excluding carboxylic acids is 2. The Morgan fingerprint density at radius 3 is 2.50 bits per heavy atom. The summed E-state index contributed by atoms with van der Waals surface area (Å²) in [6, 6.07) is 8.09. The molecular formula is C22H28N2O3S. The van der Waals surface area contributed by atoms with Gasteiger partial charge in [0.15, 0.2) is 6.61 Å². The average molecular weight is 401 g/mol. The lowest BCUT2D eigenvalue weighted by atomic mass is 9.72. The Hall–Kier alpha value is -1.95. The van der Waals surface area contributed by atoms with E-state index in [4.69, 9.17) is 9.72 Å². The zero-order chi connectivity index (χ0) is 19.4. The van der Waals surface area contributed by atoms with Crippen molar-refractivity contribution in [3.63, 3.8) is 0 Å². The van der Waals surface area contributed by atoms with Gasteiger partial charge in [-0.1, -0.05) is 31.4 Å². The molecule has 5 nitrogen and oxygen atoms in total. The van der Waals surface area contributed by atoms with Crippen LogP contribution in [0.25, 0.3) is 10.2 Å². The second-order valence-corrected chi connectivity index (χ2v) is 9.23. The van der Waals surface area contributed by atoms with E-state index in [-0.39, 0.29) is 18.5 Å². The van der Waals surface area contributed by atoms with E-state index < -0.39 is 5.41 Å². The molecule has 0 radical (unpaired) electrons. The van der Waals surface area contributed by atoms with E-state index in [2.05, 4.69) is 6.07 Å². The number of aromatic nitrogens is 1. The summed E-state index contributed by atoms with van der Waals surface area (Å²) in [7, 11) is 0. The molecule has 0 atom stereocenters. The summed E-state index contributed by atoms with van der Waals surface area (Å²) in [5, 5.41) is 0.988. The Balaban J connectivity index is 1.45. The number of nitrogens with zero attached hydrogens (tertiary/aromatic N) is 2. The minimum atomic E-state index is -0.533. The molecule has 4 rings (SSSR count). The normalized spacial score (nSPS) is 19.5. The molecule has 1 amide bonds. The van der Waals surface area contributed by atoms with Crippen LogP contribution >= 0.6 is 11.3 Å². The molecule has 1 saturated carbocycles. The number of amides is 1. The van der Waals surface area contributed by atoms with Gasteiger partial charge in [0.25, 0.3) is 5.91 Å². The molecule has 1 aromatic heterocycles. The number of piperidine rings is 1. The van der Waals surface area contributed by atoms with Crippen molar-refractivity contribution in [3.8, 4) is 0 Å². The highest BCUT2D eigenvalue weighted by Gasteiger charge is 2.42. The number of ether oxygens (including phenoxy) is 1. The molecule has 2 fully saturated rings. The standard InChI is InChI=1S/C22H28N2O3S/c25-20(24-13-7-2-8-14-24)16-27-21(26)22(11-5-1-6-12-22)15-19-23-17-9-3-4-10-18(17)28-19/h3-4,9-10H,1-2,5-8,11-16H2. The molecule has 1 aliphatic heterocycles. The molecule has 0 unspecified atom stereocenters. The second-order valence-electron chi connectivity index (χ2n) is 8.11. The number of likely N-dealkylation sites (tertiary alicyclic amines) is 1. The van der Waals surface area contributed by atoms with Gasteiger partial charge in [0.1, 0.15) is 0 Å². The number of rotatable bonds is 5. The van der Waals surface area contributed by atoms with E-state index in [1.54, 1.807) is 11.3 Å². The van der Waals surface area contributed by atoms with Crippen LogP contribution in [0, 0.1) is 5.41 Å². The van der Waals surface area contributed by atoms with Crippen molar-refractivity contribution in [1.82, 2.24) is 9.88 Å². The predicted octanol–water partition coefficient (Wildman–Crippen LogP) is 4.35. The van der Waals surface area contributed by atoms with E-state index in [0.29, 0.717) is 6.42 Å². The summed E-state index contributed by atoms with van der Waals surface area (Å²) in [6.45, 7) is 1.45. The van der Waals surface area contributed by atoms with Gasteiger partial charge in [-0.3, -0.25) is 9.59 Å². The molecule has 150 valence electrons. The molecule has 6 heteroatoms. The Morgan fingerprint density at radius 2 is 1.75 bits per heavy atom. The highest BCUT2D eigenvalue weighted by Crippen LogP contribution is 2.41. The first kappa shape index (κ1) is 19.4. The monoisotopic (exact) mass is 400 g/mol. The summed E-state index contributed by atoms with van der Waals surface area (Å²) >= 11 is 1.66. The fourth-order valence-corrected chi connectivity index (χ4v) is 5.59. The molecular weight excluding hydrogens is 372 g/mol. The first-order chi connectivity index (χ1) is 13.7. The van der Waals surface area contributed by atoms with Gasteiger partial charge in [-0.15, -0.1) is 11.3 Å². The maximum Gasteiger partial charge on any atom is 0.313 e. The van der Waals surface area contributed by atoms with Crippen molar-refractivity contribution >= 4 is 33.4 Å². The molecule has 0 N–H and O–H groups in total. The smallest absolute Gasteiger partial charge is 0.313 e. The first-order valence-corrected chi connectivity index (χ1v) is 11.3. The molecule has 2 heterocycles. The van der Waals surface area contributed by atoms with Crippen LogP contribution in [0.2, 0.25) is 0 Å². The summed E-state index contributed by atoms with van der Waals surface area (Å²) in [6.07, 6.45) is 8.72. The minimum absolute atomic E-state index is 0.0565. The van der Waals surface area contributed by atoms with E-state index in [9.17, 15) is 9.59 Å². The fraction of sp³-hybridized carbons (Fsp3) is 0.591. The van der Waals surface area contributed by atoms with Crippen LogP contribution in [0.3, 0.4) is 0 Å². The van der Waals surface area contributed by atoms with Crippen LogP contribution in [-0.2, 0) is 20.7 Å². The van der Waals surface area contributed by atoms with Gasteiger partial charge < -0.3 is 9.64 Å². The fourth-order valence-electron chi connectivity index (χ4n) is 4.48. The largest absolute Gasteiger partial charge is 0.455 e. The van der Waals surface area contributed by atoms with Gasteiger partial charge in [0.2, 0.25) is 0 Å². The minimum Gasteiger partial charge on any atom is -0.455 e. The van der Waals surface area contributed by atoms with Crippen LogP contribution in [0.15, 0.2) is 24.3 Å². The van der Waals surface area contributed by atoms with Gasteiger partial charge in [0.05, 0.1) is 20.6 Å². The number of esters is 1. The van der Waals surface area contributed by atoms with Gasteiger partial charge in [-0.05, 0) is 44.2 Å². The maximum absolute atomic E-state index is 13.1. The van der Waals surface area contributed by atoms with E-state index >= 15 is 0 Å². The van der Waals surface area contributed by atoms with Gasteiger partial charge in [0, 0.05) is 19.5 Å². The van der Waals surface area contributed by atoms with Gasteiger partial charge >= 0.3 is 5.97 Å². The third kappa shape index (κ3) is 4.22. The molecule has 0 bridgehead atoms.